The van der Waals surface area contributed by atoms with Crippen molar-refractivity contribution >= 4 is 5.97 Å². The Labute approximate surface area is 84.4 Å². The normalized spacial score (nSPS) is 12.9. The predicted molar refractivity (Wildman–Crippen MR) is 55.9 cm³/mol. The van der Waals surface area contributed by atoms with Gasteiger partial charge in [0.2, 0.25) is 0 Å². The average Bonchev–Trinajstić information content (AvgIpc) is 2.41. The van der Waals surface area contributed by atoms with Crippen LogP contribution in [0, 0.1) is 13.8 Å². The largest absolute Gasteiger partial charge is 0.478 e. The van der Waals surface area contributed by atoms with Crippen molar-refractivity contribution in [2.24, 2.45) is 0 Å². The average molecular weight is 195 g/mol. The van der Waals surface area contributed by atoms with Crippen LogP contribution in [0.5, 0.6) is 0 Å². The van der Waals surface area contributed by atoms with E-state index in [1.165, 1.54) is 0 Å². The lowest BCUT2D eigenvalue weighted by Gasteiger charge is -2.16. The molecule has 14 heavy (non-hydrogen) atoms. The van der Waals surface area contributed by atoms with Gasteiger partial charge in [0.05, 0.1) is 5.56 Å². The molecule has 0 unspecified atom stereocenters. The number of hydrogen-bond donors (Lipinski definition) is 1. The molecule has 0 aliphatic carbocycles. The molecule has 1 rings (SSSR count). The number of carbonyl (C=O) groups is 1. The Morgan fingerprint density at radius 2 is 2.14 bits per heavy atom. The van der Waals surface area contributed by atoms with E-state index in [0.717, 1.165) is 17.8 Å². The maximum Gasteiger partial charge on any atom is 0.337 e. The molecule has 0 radical (unpaired) electrons. The van der Waals surface area contributed by atoms with E-state index in [1.807, 2.05) is 13.8 Å². The van der Waals surface area contributed by atoms with Crippen molar-refractivity contribution in [2.45, 2.75) is 40.2 Å². The third-order valence-electron chi connectivity index (χ3n) is 2.75. The molecule has 1 N–H and O–H groups in total. The van der Waals surface area contributed by atoms with E-state index in [1.54, 1.807) is 6.07 Å². The molecule has 1 aromatic heterocycles. The summed E-state index contributed by atoms with van der Waals surface area (Å²) in [4.78, 5) is 10.9. The van der Waals surface area contributed by atoms with Crippen LogP contribution in [0.25, 0.3) is 0 Å². The minimum absolute atomic E-state index is 0.364. The minimum atomic E-state index is -0.840. The van der Waals surface area contributed by atoms with Crippen LogP contribution >= 0.6 is 0 Å². The first-order valence-electron chi connectivity index (χ1n) is 4.90. The van der Waals surface area contributed by atoms with Crippen molar-refractivity contribution in [1.29, 1.82) is 0 Å². The Bertz CT molecular complexity index is 352. The van der Waals surface area contributed by atoms with E-state index in [4.69, 9.17) is 5.11 Å². The van der Waals surface area contributed by atoms with Crippen molar-refractivity contribution < 1.29 is 9.90 Å². The lowest BCUT2D eigenvalue weighted by molar-refractivity contribution is 0.0696. The third kappa shape index (κ3) is 1.67. The van der Waals surface area contributed by atoms with Gasteiger partial charge in [-0.3, -0.25) is 0 Å². The van der Waals surface area contributed by atoms with Crippen LogP contribution in [0.15, 0.2) is 6.07 Å². The Kier molecular flexibility index (Phi) is 2.99. The van der Waals surface area contributed by atoms with E-state index < -0.39 is 5.97 Å². The number of carboxylic acid groups (broad SMARTS) is 1. The highest BCUT2D eigenvalue weighted by molar-refractivity contribution is 5.89. The minimum Gasteiger partial charge on any atom is -0.478 e. The number of carboxylic acids is 1. The monoisotopic (exact) mass is 195 g/mol. The van der Waals surface area contributed by atoms with Crippen LogP contribution in [-0.2, 0) is 0 Å². The molecule has 0 bridgehead atoms. The van der Waals surface area contributed by atoms with Gasteiger partial charge in [-0.1, -0.05) is 6.92 Å². The van der Waals surface area contributed by atoms with Gasteiger partial charge in [0.25, 0.3) is 0 Å². The first-order chi connectivity index (χ1) is 6.49. The number of rotatable bonds is 3. The molecule has 1 aromatic rings. The Morgan fingerprint density at radius 1 is 1.57 bits per heavy atom. The summed E-state index contributed by atoms with van der Waals surface area (Å²) in [6.07, 6.45) is 1.01. The van der Waals surface area contributed by atoms with E-state index in [9.17, 15) is 4.79 Å². The summed E-state index contributed by atoms with van der Waals surface area (Å²) in [5.74, 6) is -0.840. The summed E-state index contributed by atoms with van der Waals surface area (Å²) in [5, 5.41) is 8.94. The summed E-state index contributed by atoms with van der Waals surface area (Å²) < 4.78 is 2.09. The van der Waals surface area contributed by atoms with Crippen molar-refractivity contribution in [2.75, 3.05) is 0 Å². The van der Waals surface area contributed by atoms with Gasteiger partial charge in [-0.2, -0.15) is 0 Å². The quantitative estimate of drug-likeness (QED) is 0.805. The summed E-state index contributed by atoms with van der Waals surface area (Å²) in [7, 11) is 0. The van der Waals surface area contributed by atoms with Gasteiger partial charge in [-0.25, -0.2) is 4.79 Å². The Morgan fingerprint density at radius 3 is 2.50 bits per heavy atom. The van der Waals surface area contributed by atoms with Crippen LogP contribution < -0.4 is 0 Å². The van der Waals surface area contributed by atoms with E-state index >= 15 is 0 Å². The van der Waals surface area contributed by atoms with Crippen molar-refractivity contribution in [3.63, 3.8) is 0 Å². The van der Waals surface area contributed by atoms with Crippen LogP contribution in [0.2, 0.25) is 0 Å². The number of aromatic nitrogens is 1. The standard InChI is InChI=1S/C11H17NO2/c1-5-7(2)12-8(3)6-10(9(12)4)11(13)14/h6-7H,5H2,1-4H3,(H,13,14)/t7-/m0/s1. The fourth-order valence-corrected chi connectivity index (χ4v) is 1.85. The van der Waals surface area contributed by atoms with Crippen molar-refractivity contribution in [3.05, 3.63) is 23.0 Å². The van der Waals surface area contributed by atoms with E-state index in [2.05, 4.69) is 18.4 Å². The summed E-state index contributed by atoms with van der Waals surface area (Å²) >= 11 is 0. The lowest BCUT2D eigenvalue weighted by atomic mass is 10.2. The fraction of sp³-hybridized carbons (Fsp3) is 0.545. The molecule has 0 aliphatic heterocycles. The number of aryl methyl sites for hydroxylation is 1. The molecule has 0 aliphatic rings. The molecule has 1 atom stereocenters. The third-order valence-corrected chi connectivity index (χ3v) is 2.75. The molecular weight excluding hydrogens is 178 g/mol. The number of aromatic carboxylic acids is 1. The second-order valence-electron chi connectivity index (χ2n) is 3.72. The fourth-order valence-electron chi connectivity index (χ4n) is 1.85. The molecule has 0 spiro atoms. The Hall–Kier alpha value is -1.25. The zero-order valence-corrected chi connectivity index (χ0v) is 9.16. The second-order valence-corrected chi connectivity index (χ2v) is 3.72. The molecule has 1 heterocycles. The molecule has 3 nitrogen and oxygen atoms in total. The zero-order chi connectivity index (χ0) is 10.9. The van der Waals surface area contributed by atoms with Crippen LogP contribution in [-0.4, -0.2) is 15.6 Å². The van der Waals surface area contributed by atoms with Crippen molar-refractivity contribution in [1.82, 2.24) is 4.57 Å². The molecule has 0 fully saturated rings. The van der Waals surface area contributed by atoms with Gasteiger partial charge in [0.15, 0.2) is 0 Å². The van der Waals surface area contributed by atoms with E-state index in [-0.39, 0.29) is 0 Å². The van der Waals surface area contributed by atoms with Gasteiger partial charge in [-0.15, -0.1) is 0 Å². The first-order valence-corrected chi connectivity index (χ1v) is 4.90. The SMILES string of the molecule is CC[C@H](C)n1c(C)cc(C(=O)O)c1C. The van der Waals surface area contributed by atoms with E-state index in [0.29, 0.717) is 11.6 Å². The number of nitrogens with zero attached hydrogens (tertiary/aromatic N) is 1. The summed E-state index contributed by atoms with van der Waals surface area (Å²) in [6, 6.07) is 2.10. The zero-order valence-electron chi connectivity index (χ0n) is 9.16. The second kappa shape index (κ2) is 3.86. The van der Waals surface area contributed by atoms with Gasteiger partial charge < -0.3 is 9.67 Å². The van der Waals surface area contributed by atoms with Gasteiger partial charge in [0, 0.05) is 17.4 Å². The van der Waals surface area contributed by atoms with Gasteiger partial charge in [-0.05, 0) is 33.3 Å². The molecule has 78 valence electrons. The van der Waals surface area contributed by atoms with Crippen LogP contribution in [0.4, 0.5) is 0 Å². The topological polar surface area (TPSA) is 42.2 Å². The molecule has 0 saturated carbocycles. The highest BCUT2D eigenvalue weighted by Gasteiger charge is 2.16. The molecular formula is C11H17NO2. The summed E-state index contributed by atoms with van der Waals surface area (Å²) in [6.45, 7) is 8.02. The lowest BCUT2D eigenvalue weighted by Crippen LogP contribution is -2.08. The number of hydrogen-bond acceptors (Lipinski definition) is 1. The van der Waals surface area contributed by atoms with Gasteiger partial charge in [0.1, 0.15) is 0 Å². The molecule has 0 aromatic carbocycles. The Balaban J connectivity index is 3.24. The smallest absolute Gasteiger partial charge is 0.337 e. The maximum absolute atomic E-state index is 10.9. The summed E-state index contributed by atoms with van der Waals surface area (Å²) in [5.41, 5.74) is 2.29. The molecule has 0 saturated heterocycles. The highest BCUT2D eigenvalue weighted by atomic mass is 16.4. The maximum atomic E-state index is 10.9. The highest BCUT2D eigenvalue weighted by Crippen LogP contribution is 2.21. The van der Waals surface area contributed by atoms with Crippen LogP contribution in [0.1, 0.15) is 48.1 Å². The van der Waals surface area contributed by atoms with Crippen molar-refractivity contribution in [3.8, 4) is 0 Å². The first kappa shape index (κ1) is 10.8. The molecule has 0 amide bonds. The predicted octanol–water partition coefficient (Wildman–Crippen LogP) is 2.77. The van der Waals surface area contributed by atoms with Crippen LogP contribution in [0.3, 0.4) is 0 Å². The van der Waals surface area contributed by atoms with Gasteiger partial charge >= 0.3 is 5.97 Å². The molecule has 3 heteroatoms.